The molecule has 0 N–H and O–H groups in total. The van der Waals surface area contributed by atoms with E-state index in [0.717, 1.165) is 22.3 Å². The van der Waals surface area contributed by atoms with Crippen LogP contribution in [0.2, 0.25) is 0 Å². The van der Waals surface area contributed by atoms with Crippen LogP contribution >= 0.6 is 11.8 Å². The zero-order valence-electron chi connectivity index (χ0n) is 6.32. The highest BCUT2D eigenvalue weighted by molar-refractivity contribution is 8.16. The van der Waals surface area contributed by atoms with E-state index in [9.17, 15) is 0 Å². The van der Waals surface area contributed by atoms with E-state index in [4.69, 9.17) is 0 Å². The Morgan fingerprint density at radius 2 is 2.17 bits per heavy atom. The monoisotopic (exact) mass is 174 g/mol. The zero-order valence-corrected chi connectivity index (χ0v) is 7.14. The fourth-order valence-corrected chi connectivity index (χ4v) is 2.25. The summed E-state index contributed by atoms with van der Waals surface area (Å²) in [7, 11) is 0. The molecule has 3 rings (SSSR count). The smallest absolute Gasteiger partial charge is 0.124 e. The Balaban J connectivity index is 2.29. The number of aliphatic imine (C=N–C) groups is 2. The number of hydrogen-bond acceptors (Lipinski definition) is 3. The maximum Gasteiger partial charge on any atom is 0.124 e. The van der Waals surface area contributed by atoms with Crippen molar-refractivity contribution < 1.29 is 0 Å². The lowest BCUT2D eigenvalue weighted by atomic mass is 10.1. The average molecular weight is 174 g/mol. The Bertz CT molecular complexity index is 407. The Kier molecular flexibility index (Phi) is 1.18. The van der Waals surface area contributed by atoms with E-state index in [1.165, 1.54) is 5.56 Å². The summed E-state index contributed by atoms with van der Waals surface area (Å²) in [5.74, 6) is 0.836. The minimum absolute atomic E-state index is 0.836. The molecule has 2 nitrogen and oxygen atoms in total. The summed E-state index contributed by atoms with van der Waals surface area (Å²) in [5, 5.41) is 1.09. The van der Waals surface area contributed by atoms with Gasteiger partial charge in [0.05, 0.1) is 11.6 Å². The second-order valence-electron chi connectivity index (χ2n) is 2.71. The lowest BCUT2D eigenvalue weighted by Gasteiger charge is -1.93. The van der Waals surface area contributed by atoms with Crippen LogP contribution in [0.5, 0.6) is 0 Å². The van der Waals surface area contributed by atoms with Crippen molar-refractivity contribution in [3.8, 4) is 0 Å². The van der Waals surface area contributed by atoms with Crippen molar-refractivity contribution in [2.45, 2.75) is 0 Å². The second-order valence-corrected chi connectivity index (χ2v) is 3.65. The van der Waals surface area contributed by atoms with Crippen LogP contribution in [0, 0.1) is 0 Å². The van der Waals surface area contributed by atoms with E-state index >= 15 is 0 Å². The molecule has 0 saturated carbocycles. The quantitative estimate of drug-likeness (QED) is 0.592. The number of nitrogens with zero attached hydrogens (tertiary/aromatic N) is 2. The summed E-state index contributed by atoms with van der Waals surface area (Å²) >= 11 is 1.72. The van der Waals surface area contributed by atoms with Crippen molar-refractivity contribution in [2.75, 3.05) is 5.88 Å². The van der Waals surface area contributed by atoms with E-state index < -0.39 is 0 Å². The number of hydrogen-bond donors (Lipinski definition) is 0. The van der Waals surface area contributed by atoms with Crippen LogP contribution in [0.1, 0.15) is 5.56 Å². The highest BCUT2D eigenvalue weighted by Gasteiger charge is 2.25. The molecule has 3 heteroatoms. The SMILES string of the molecule is c1ccc2c(c1)N=C1SCN=C12. The van der Waals surface area contributed by atoms with Crippen LogP contribution in [0.25, 0.3) is 0 Å². The first-order valence-corrected chi connectivity index (χ1v) is 4.79. The summed E-state index contributed by atoms with van der Waals surface area (Å²) in [5.41, 5.74) is 3.35. The van der Waals surface area contributed by atoms with Crippen LogP contribution in [0.15, 0.2) is 34.3 Å². The zero-order chi connectivity index (χ0) is 7.97. The van der Waals surface area contributed by atoms with E-state index in [0.29, 0.717) is 0 Å². The molecular weight excluding hydrogens is 168 g/mol. The average Bonchev–Trinajstić information content (AvgIpc) is 2.62. The molecule has 0 amide bonds. The molecule has 0 aliphatic carbocycles. The molecule has 0 aromatic heterocycles. The molecule has 0 saturated heterocycles. The number of benzene rings is 1. The molecular formula is C9H6N2S. The molecule has 0 bridgehead atoms. The lowest BCUT2D eigenvalue weighted by molar-refractivity contribution is 1.40. The predicted molar refractivity (Wildman–Crippen MR) is 52.5 cm³/mol. The minimum atomic E-state index is 0.836. The van der Waals surface area contributed by atoms with Gasteiger partial charge in [-0.1, -0.05) is 30.0 Å². The fraction of sp³-hybridized carbons (Fsp3) is 0.111. The highest BCUT2D eigenvalue weighted by Crippen LogP contribution is 2.33. The summed E-state index contributed by atoms with van der Waals surface area (Å²) in [6.45, 7) is 0. The van der Waals surface area contributed by atoms with Crippen molar-refractivity contribution in [2.24, 2.45) is 9.98 Å². The molecule has 0 spiro atoms. The third kappa shape index (κ3) is 0.716. The van der Waals surface area contributed by atoms with Crippen LogP contribution in [0.3, 0.4) is 0 Å². The molecule has 0 fully saturated rings. The van der Waals surface area contributed by atoms with Crippen molar-refractivity contribution >= 4 is 28.2 Å². The molecule has 2 aliphatic rings. The summed E-state index contributed by atoms with van der Waals surface area (Å²) in [4.78, 5) is 8.85. The van der Waals surface area contributed by atoms with E-state index in [1.807, 2.05) is 18.2 Å². The van der Waals surface area contributed by atoms with Gasteiger partial charge in [-0.05, 0) is 6.07 Å². The predicted octanol–water partition coefficient (Wildman–Crippen LogP) is 2.22. The maximum atomic E-state index is 4.46. The molecule has 1 aromatic rings. The van der Waals surface area contributed by atoms with Crippen molar-refractivity contribution in [1.82, 2.24) is 0 Å². The third-order valence-electron chi connectivity index (χ3n) is 2.01. The Morgan fingerprint density at radius 1 is 1.25 bits per heavy atom. The summed E-state index contributed by atoms with van der Waals surface area (Å²) in [6.07, 6.45) is 0. The lowest BCUT2D eigenvalue weighted by Crippen LogP contribution is -2.00. The van der Waals surface area contributed by atoms with Crippen molar-refractivity contribution in [3.63, 3.8) is 0 Å². The van der Waals surface area contributed by atoms with Crippen LogP contribution < -0.4 is 0 Å². The summed E-state index contributed by atoms with van der Waals surface area (Å²) < 4.78 is 0. The second kappa shape index (κ2) is 2.20. The van der Waals surface area contributed by atoms with Gasteiger partial charge in [-0.3, -0.25) is 4.99 Å². The Hall–Kier alpha value is -1.09. The molecule has 0 radical (unpaired) electrons. The van der Waals surface area contributed by atoms with Gasteiger partial charge in [0, 0.05) is 5.56 Å². The van der Waals surface area contributed by atoms with Gasteiger partial charge in [-0.15, -0.1) is 0 Å². The van der Waals surface area contributed by atoms with Gasteiger partial charge in [-0.25, -0.2) is 4.99 Å². The normalized spacial score (nSPS) is 18.3. The van der Waals surface area contributed by atoms with Gasteiger partial charge >= 0.3 is 0 Å². The van der Waals surface area contributed by atoms with Gasteiger partial charge < -0.3 is 0 Å². The molecule has 0 atom stereocenters. The van der Waals surface area contributed by atoms with E-state index in [-0.39, 0.29) is 0 Å². The van der Waals surface area contributed by atoms with Gasteiger partial charge in [0.2, 0.25) is 0 Å². The standard InChI is InChI=1S/C9H6N2S/c1-2-4-7-6(3-1)8-9(11-7)12-5-10-8/h1-4H,5H2. The molecule has 2 aliphatic heterocycles. The van der Waals surface area contributed by atoms with Gasteiger partial charge in [0.1, 0.15) is 10.8 Å². The first-order chi connectivity index (χ1) is 5.95. The van der Waals surface area contributed by atoms with E-state index in [1.54, 1.807) is 11.8 Å². The first-order valence-electron chi connectivity index (χ1n) is 3.81. The number of para-hydroxylation sites is 1. The van der Waals surface area contributed by atoms with E-state index in [2.05, 4.69) is 16.1 Å². The largest absolute Gasteiger partial charge is 0.271 e. The molecule has 1 aromatic carbocycles. The molecule has 0 unspecified atom stereocenters. The topological polar surface area (TPSA) is 24.7 Å². The highest BCUT2D eigenvalue weighted by atomic mass is 32.2. The molecule has 12 heavy (non-hydrogen) atoms. The summed E-state index contributed by atoms with van der Waals surface area (Å²) in [6, 6.07) is 8.15. The van der Waals surface area contributed by atoms with Crippen LogP contribution in [-0.2, 0) is 0 Å². The van der Waals surface area contributed by atoms with Gasteiger partial charge in [0.15, 0.2) is 0 Å². The molecule has 58 valence electrons. The third-order valence-corrected chi connectivity index (χ3v) is 2.82. The number of thioether (sulfide) groups is 1. The Morgan fingerprint density at radius 3 is 3.17 bits per heavy atom. The Labute approximate surface area is 74.4 Å². The number of fused-ring (bicyclic) bond motifs is 3. The minimum Gasteiger partial charge on any atom is -0.271 e. The van der Waals surface area contributed by atoms with Gasteiger partial charge in [-0.2, -0.15) is 0 Å². The molecule has 2 heterocycles. The van der Waals surface area contributed by atoms with Crippen LogP contribution in [0.4, 0.5) is 5.69 Å². The van der Waals surface area contributed by atoms with Crippen LogP contribution in [-0.4, -0.2) is 16.6 Å². The van der Waals surface area contributed by atoms with Crippen molar-refractivity contribution in [3.05, 3.63) is 29.8 Å². The van der Waals surface area contributed by atoms with Gasteiger partial charge in [0.25, 0.3) is 0 Å². The van der Waals surface area contributed by atoms with Crippen molar-refractivity contribution in [1.29, 1.82) is 0 Å². The first kappa shape index (κ1) is 6.43. The number of rotatable bonds is 0. The fourth-order valence-electron chi connectivity index (χ4n) is 1.46. The maximum absolute atomic E-state index is 4.46.